The molecule has 1 atom stereocenters. The topological polar surface area (TPSA) is 59.9 Å². The fourth-order valence-corrected chi connectivity index (χ4v) is 2.09. The van der Waals surface area contributed by atoms with Crippen LogP contribution < -0.4 is 14.9 Å². The van der Waals surface area contributed by atoms with Gasteiger partial charge in [0.05, 0.1) is 14.2 Å². The molecule has 2 aromatic carbocycles. The Hall–Kier alpha value is -2.82. The molecule has 0 saturated carbocycles. The van der Waals surface area contributed by atoms with Crippen molar-refractivity contribution in [3.05, 3.63) is 59.7 Å². The molecular formula is C18H20N2O3. The van der Waals surface area contributed by atoms with E-state index < -0.39 is 0 Å². The van der Waals surface area contributed by atoms with Gasteiger partial charge in [-0.05, 0) is 23.8 Å². The number of carbonyl (C=O) groups is 1. The predicted molar refractivity (Wildman–Crippen MR) is 90.4 cm³/mol. The molecule has 23 heavy (non-hydrogen) atoms. The van der Waals surface area contributed by atoms with Gasteiger partial charge in [0.15, 0.2) is 11.5 Å². The van der Waals surface area contributed by atoms with E-state index in [2.05, 4.69) is 10.5 Å². The second-order valence-electron chi connectivity index (χ2n) is 4.99. The highest BCUT2D eigenvalue weighted by atomic mass is 16.5. The summed E-state index contributed by atoms with van der Waals surface area (Å²) in [6.07, 6.45) is 1.70. The van der Waals surface area contributed by atoms with Gasteiger partial charge >= 0.3 is 0 Å². The minimum Gasteiger partial charge on any atom is -0.493 e. The summed E-state index contributed by atoms with van der Waals surface area (Å²) in [4.78, 5) is 12.1. The van der Waals surface area contributed by atoms with Crippen LogP contribution in [0.5, 0.6) is 11.5 Å². The summed E-state index contributed by atoms with van der Waals surface area (Å²) in [5.74, 6) is 0.886. The van der Waals surface area contributed by atoms with Crippen LogP contribution in [0.2, 0.25) is 0 Å². The van der Waals surface area contributed by atoms with Crippen LogP contribution in [0.15, 0.2) is 53.6 Å². The quantitative estimate of drug-likeness (QED) is 0.658. The largest absolute Gasteiger partial charge is 0.493 e. The molecule has 2 rings (SSSR count). The Morgan fingerprint density at radius 3 is 2.43 bits per heavy atom. The van der Waals surface area contributed by atoms with Gasteiger partial charge in [-0.2, -0.15) is 5.10 Å². The molecular weight excluding hydrogens is 292 g/mol. The Kier molecular flexibility index (Phi) is 5.74. The van der Waals surface area contributed by atoms with Crippen LogP contribution in [0.4, 0.5) is 0 Å². The van der Waals surface area contributed by atoms with Crippen molar-refractivity contribution in [1.29, 1.82) is 0 Å². The molecule has 0 bridgehead atoms. The number of hydrogen-bond donors (Lipinski definition) is 1. The van der Waals surface area contributed by atoms with E-state index in [-0.39, 0.29) is 11.8 Å². The average Bonchev–Trinajstić information content (AvgIpc) is 2.61. The van der Waals surface area contributed by atoms with Gasteiger partial charge < -0.3 is 9.47 Å². The number of hydrogen-bond acceptors (Lipinski definition) is 4. The first-order chi connectivity index (χ1) is 11.2. The molecule has 0 heterocycles. The first-order valence-electron chi connectivity index (χ1n) is 7.26. The molecule has 0 spiro atoms. The zero-order chi connectivity index (χ0) is 16.7. The third-order valence-corrected chi connectivity index (χ3v) is 3.44. The second-order valence-corrected chi connectivity index (χ2v) is 4.99. The van der Waals surface area contributed by atoms with E-state index in [9.17, 15) is 4.79 Å². The average molecular weight is 312 g/mol. The van der Waals surface area contributed by atoms with Gasteiger partial charge in [0, 0.05) is 17.7 Å². The van der Waals surface area contributed by atoms with E-state index in [0.29, 0.717) is 17.1 Å². The first kappa shape index (κ1) is 16.5. The molecule has 2 aromatic rings. The molecule has 0 aliphatic rings. The molecule has 0 unspecified atom stereocenters. The van der Waals surface area contributed by atoms with Crippen molar-refractivity contribution in [2.45, 2.75) is 12.8 Å². The number of nitrogens with one attached hydrogen (secondary N) is 1. The van der Waals surface area contributed by atoms with Crippen molar-refractivity contribution in [2.24, 2.45) is 5.10 Å². The summed E-state index contributed by atoms with van der Waals surface area (Å²) in [7, 11) is 3.08. The normalized spacial score (nSPS) is 12.0. The molecule has 0 radical (unpaired) electrons. The zero-order valence-corrected chi connectivity index (χ0v) is 13.4. The number of nitrogens with zero attached hydrogens (tertiary/aromatic N) is 1. The molecule has 1 N–H and O–H groups in total. The number of amides is 1. The Morgan fingerprint density at radius 2 is 1.78 bits per heavy atom. The lowest BCUT2D eigenvalue weighted by Gasteiger charge is -2.09. The summed E-state index contributed by atoms with van der Waals surface area (Å²) >= 11 is 0. The number of ether oxygens (including phenoxy) is 2. The van der Waals surface area contributed by atoms with Gasteiger partial charge in [0.25, 0.3) is 5.91 Å². The molecule has 0 saturated heterocycles. The van der Waals surface area contributed by atoms with Gasteiger partial charge in [-0.1, -0.05) is 37.3 Å². The fourth-order valence-electron chi connectivity index (χ4n) is 2.09. The maximum Gasteiger partial charge on any atom is 0.271 e. The molecule has 120 valence electrons. The molecule has 0 aromatic heterocycles. The highest BCUT2D eigenvalue weighted by Crippen LogP contribution is 2.27. The van der Waals surface area contributed by atoms with Crippen LogP contribution in [0, 0.1) is 0 Å². The molecule has 5 heteroatoms. The predicted octanol–water partition coefficient (Wildman–Crippen LogP) is 3.22. The van der Waals surface area contributed by atoms with E-state index in [0.717, 1.165) is 5.56 Å². The van der Waals surface area contributed by atoms with Gasteiger partial charge in [0.2, 0.25) is 0 Å². The van der Waals surface area contributed by atoms with Gasteiger partial charge in [-0.25, -0.2) is 5.43 Å². The van der Waals surface area contributed by atoms with Crippen molar-refractivity contribution < 1.29 is 14.3 Å². The monoisotopic (exact) mass is 312 g/mol. The number of carbonyl (C=O) groups excluding carboxylic acids is 1. The summed E-state index contributed by atoms with van der Waals surface area (Å²) in [5, 5.41) is 4.03. The minimum atomic E-state index is -0.303. The van der Waals surface area contributed by atoms with Crippen LogP contribution in [-0.2, 0) is 0 Å². The van der Waals surface area contributed by atoms with E-state index in [4.69, 9.17) is 9.47 Å². The Bertz CT molecular complexity index is 684. The molecule has 0 fully saturated rings. The standard InChI is InChI=1S/C18H20N2O3/c1-13(14-7-5-4-6-8-14)12-19-20-18(21)15-9-10-16(22-2)17(11-15)23-3/h4-13H,1-3H3,(H,20,21)/t13-/m0/s1. The maximum absolute atomic E-state index is 12.1. The summed E-state index contributed by atoms with van der Waals surface area (Å²) < 4.78 is 10.3. The second kappa shape index (κ2) is 7.98. The van der Waals surface area contributed by atoms with Crippen molar-refractivity contribution in [3.8, 4) is 11.5 Å². The lowest BCUT2D eigenvalue weighted by molar-refractivity contribution is 0.0954. The molecule has 0 aliphatic carbocycles. The first-order valence-corrected chi connectivity index (χ1v) is 7.26. The zero-order valence-electron chi connectivity index (χ0n) is 13.4. The van der Waals surface area contributed by atoms with Gasteiger partial charge in [-0.15, -0.1) is 0 Å². The minimum absolute atomic E-state index is 0.113. The third kappa shape index (κ3) is 4.32. The van der Waals surface area contributed by atoms with Crippen molar-refractivity contribution in [3.63, 3.8) is 0 Å². The van der Waals surface area contributed by atoms with Crippen molar-refractivity contribution in [2.75, 3.05) is 14.2 Å². The van der Waals surface area contributed by atoms with E-state index in [1.54, 1.807) is 31.5 Å². The molecule has 5 nitrogen and oxygen atoms in total. The van der Waals surface area contributed by atoms with E-state index in [1.807, 2.05) is 37.3 Å². The van der Waals surface area contributed by atoms with E-state index in [1.165, 1.54) is 7.11 Å². The molecule has 0 aliphatic heterocycles. The Labute approximate surface area is 135 Å². The van der Waals surface area contributed by atoms with E-state index >= 15 is 0 Å². The molecule has 1 amide bonds. The summed E-state index contributed by atoms with van der Waals surface area (Å²) in [6, 6.07) is 14.9. The fraction of sp³-hybridized carbons (Fsp3) is 0.222. The number of hydrazone groups is 1. The van der Waals surface area contributed by atoms with Crippen LogP contribution >= 0.6 is 0 Å². The van der Waals surface area contributed by atoms with Crippen LogP contribution in [0.25, 0.3) is 0 Å². The van der Waals surface area contributed by atoms with Crippen LogP contribution in [0.3, 0.4) is 0 Å². The van der Waals surface area contributed by atoms with Gasteiger partial charge in [-0.3, -0.25) is 4.79 Å². The number of rotatable bonds is 6. The number of benzene rings is 2. The number of methoxy groups -OCH3 is 2. The Morgan fingerprint density at radius 1 is 1.09 bits per heavy atom. The van der Waals surface area contributed by atoms with Crippen LogP contribution in [0.1, 0.15) is 28.8 Å². The smallest absolute Gasteiger partial charge is 0.271 e. The lowest BCUT2D eigenvalue weighted by Crippen LogP contribution is -2.18. The lowest BCUT2D eigenvalue weighted by atomic mass is 10.0. The highest BCUT2D eigenvalue weighted by molar-refractivity contribution is 5.95. The van der Waals surface area contributed by atoms with Crippen molar-refractivity contribution in [1.82, 2.24) is 5.43 Å². The SMILES string of the molecule is COc1ccc(C(=O)NN=C[C@H](C)c2ccccc2)cc1OC. The summed E-state index contributed by atoms with van der Waals surface area (Å²) in [6.45, 7) is 2.02. The van der Waals surface area contributed by atoms with Crippen molar-refractivity contribution >= 4 is 12.1 Å². The third-order valence-electron chi connectivity index (χ3n) is 3.44. The van der Waals surface area contributed by atoms with Crippen LogP contribution in [-0.4, -0.2) is 26.3 Å². The van der Waals surface area contributed by atoms with Gasteiger partial charge in [0.1, 0.15) is 0 Å². The Balaban J connectivity index is 2.01. The highest BCUT2D eigenvalue weighted by Gasteiger charge is 2.10. The maximum atomic E-state index is 12.1. The summed E-state index contributed by atoms with van der Waals surface area (Å²) in [5.41, 5.74) is 4.11.